The second-order valence-corrected chi connectivity index (χ2v) is 6.49. The van der Waals surface area contributed by atoms with Crippen molar-refractivity contribution >= 4 is 0 Å². The lowest BCUT2D eigenvalue weighted by atomic mass is 9.64. The largest absolute Gasteiger partial charge is 0.310 e. The number of nitrogens with one attached hydrogen (secondary N) is 1. The van der Waals surface area contributed by atoms with Gasteiger partial charge in [0, 0.05) is 19.0 Å². The van der Waals surface area contributed by atoms with E-state index < -0.39 is 0 Å². The average Bonchev–Trinajstić information content (AvgIpc) is 2.48. The zero-order chi connectivity index (χ0) is 14.4. The van der Waals surface area contributed by atoms with Gasteiger partial charge in [0.2, 0.25) is 0 Å². The van der Waals surface area contributed by atoms with Gasteiger partial charge in [-0.15, -0.1) is 0 Å². The summed E-state index contributed by atoms with van der Waals surface area (Å²) in [7, 11) is 0. The minimum absolute atomic E-state index is 0.264. The quantitative estimate of drug-likeness (QED) is 0.867. The molecule has 1 aromatic rings. The molecule has 2 heteroatoms. The fourth-order valence-electron chi connectivity index (χ4n) is 3.37. The van der Waals surface area contributed by atoms with Gasteiger partial charge in [-0.1, -0.05) is 44.2 Å². The van der Waals surface area contributed by atoms with Crippen LogP contribution in [0.1, 0.15) is 51.5 Å². The third-order valence-corrected chi connectivity index (χ3v) is 5.07. The molecule has 0 aromatic heterocycles. The van der Waals surface area contributed by atoms with Gasteiger partial charge in [0.15, 0.2) is 0 Å². The van der Waals surface area contributed by atoms with Crippen molar-refractivity contribution in [3.05, 3.63) is 35.9 Å². The molecule has 0 heterocycles. The van der Waals surface area contributed by atoms with Crippen molar-refractivity contribution in [3.8, 4) is 6.07 Å². The Bertz CT molecular complexity index is 436. The highest BCUT2D eigenvalue weighted by Gasteiger charge is 2.37. The summed E-state index contributed by atoms with van der Waals surface area (Å²) in [5.41, 5.74) is 1.62. The number of nitrogens with zero attached hydrogens (tertiary/aromatic N) is 1. The Hall–Kier alpha value is -1.33. The van der Waals surface area contributed by atoms with Crippen molar-refractivity contribution in [3.63, 3.8) is 0 Å². The summed E-state index contributed by atoms with van der Waals surface area (Å²) in [4.78, 5) is 0. The first-order chi connectivity index (χ1) is 9.66. The van der Waals surface area contributed by atoms with E-state index in [1.54, 1.807) is 0 Å². The first kappa shape index (κ1) is 15.1. The average molecular weight is 270 g/mol. The number of benzene rings is 1. The number of rotatable bonds is 5. The molecule has 0 bridgehead atoms. The summed E-state index contributed by atoms with van der Waals surface area (Å²) >= 11 is 0. The topological polar surface area (TPSA) is 35.8 Å². The van der Waals surface area contributed by atoms with Gasteiger partial charge in [-0.25, -0.2) is 0 Å². The third-order valence-electron chi connectivity index (χ3n) is 5.07. The van der Waals surface area contributed by atoms with E-state index in [9.17, 15) is 0 Å². The SMILES string of the molecule is CC(C)[C@]1(CC#N)CC[C@H](NCc2ccccc2)CC1. The van der Waals surface area contributed by atoms with E-state index in [0.717, 1.165) is 13.0 Å². The first-order valence-corrected chi connectivity index (χ1v) is 7.80. The third kappa shape index (κ3) is 3.61. The van der Waals surface area contributed by atoms with Crippen molar-refractivity contribution in [1.82, 2.24) is 5.32 Å². The molecule has 0 atom stereocenters. The van der Waals surface area contributed by atoms with Crippen molar-refractivity contribution < 1.29 is 0 Å². The lowest BCUT2D eigenvalue weighted by Gasteiger charge is -2.42. The Balaban J connectivity index is 1.83. The molecule has 1 aliphatic rings. The van der Waals surface area contributed by atoms with Crippen LogP contribution < -0.4 is 5.32 Å². The van der Waals surface area contributed by atoms with Crippen LogP contribution in [0.4, 0.5) is 0 Å². The lowest BCUT2D eigenvalue weighted by molar-refractivity contribution is 0.105. The molecular formula is C18H26N2. The molecule has 1 fully saturated rings. The van der Waals surface area contributed by atoms with Crippen molar-refractivity contribution in [2.45, 2.75) is 58.5 Å². The maximum atomic E-state index is 9.08. The maximum absolute atomic E-state index is 9.08. The molecule has 1 aromatic carbocycles. The molecule has 0 amide bonds. The summed E-state index contributed by atoms with van der Waals surface area (Å²) in [6.45, 7) is 5.50. The maximum Gasteiger partial charge on any atom is 0.0627 e. The van der Waals surface area contributed by atoms with Crippen LogP contribution in [0.5, 0.6) is 0 Å². The van der Waals surface area contributed by atoms with E-state index in [4.69, 9.17) is 5.26 Å². The Morgan fingerprint density at radius 3 is 2.45 bits per heavy atom. The van der Waals surface area contributed by atoms with Gasteiger partial charge in [0.25, 0.3) is 0 Å². The summed E-state index contributed by atoms with van der Waals surface area (Å²) in [5, 5.41) is 12.8. The summed E-state index contributed by atoms with van der Waals surface area (Å²) in [5.74, 6) is 0.609. The van der Waals surface area contributed by atoms with Crippen LogP contribution in [0.15, 0.2) is 30.3 Å². The predicted molar refractivity (Wildman–Crippen MR) is 83.0 cm³/mol. The minimum Gasteiger partial charge on any atom is -0.310 e. The molecule has 20 heavy (non-hydrogen) atoms. The van der Waals surface area contributed by atoms with Crippen LogP contribution in [-0.2, 0) is 6.54 Å². The molecule has 1 aliphatic carbocycles. The second kappa shape index (κ2) is 6.90. The monoisotopic (exact) mass is 270 g/mol. The van der Waals surface area contributed by atoms with Crippen molar-refractivity contribution in [2.75, 3.05) is 0 Å². The Labute approximate surface area is 123 Å². The van der Waals surface area contributed by atoms with Crippen LogP contribution in [0.3, 0.4) is 0 Å². The minimum atomic E-state index is 0.264. The molecule has 0 unspecified atom stereocenters. The van der Waals surface area contributed by atoms with Crippen LogP contribution in [0, 0.1) is 22.7 Å². The Morgan fingerprint density at radius 1 is 1.25 bits per heavy atom. The molecule has 2 rings (SSSR count). The van der Waals surface area contributed by atoms with Crippen molar-refractivity contribution in [1.29, 1.82) is 5.26 Å². The molecule has 0 aliphatic heterocycles. The summed E-state index contributed by atoms with van der Waals surface area (Å²) in [6, 6.07) is 13.6. The molecule has 0 spiro atoms. The number of nitriles is 1. The van der Waals surface area contributed by atoms with Crippen LogP contribution in [-0.4, -0.2) is 6.04 Å². The van der Waals surface area contributed by atoms with Gasteiger partial charge < -0.3 is 5.32 Å². The summed E-state index contributed by atoms with van der Waals surface area (Å²) < 4.78 is 0. The zero-order valence-corrected chi connectivity index (χ0v) is 12.7. The molecule has 1 N–H and O–H groups in total. The first-order valence-electron chi connectivity index (χ1n) is 7.80. The summed E-state index contributed by atoms with van der Waals surface area (Å²) in [6.07, 6.45) is 5.49. The number of hydrogen-bond donors (Lipinski definition) is 1. The molecular weight excluding hydrogens is 244 g/mol. The highest BCUT2D eigenvalue weighted by Crippen LogP contribution is 2.45. The normalized spacial score (nSPS) is 26.4. The fourth-order valence-corrected chi connectivity index (χ4v) is 3.37. The van der Waals surface area contributed by atoms with Gasteiger partial charge in [-0.3, -0.25) is 0 Å². The van der Waals surface area contributed by atoms with E-state index >= 15 is 0 Å². The Kier molecular flexibility index (Phi) is 5.20. The van der Waals surface area contributed by atoms with Gasteiger partial charge >= 0.3 is 0 Å². The lowest BCUT2D eigenvalue weighted by Crippen LogP contribution is -2.39. The zero-order valence-electron chi connectivity index (χ0n) is 12.7. The fraction of sp³-hybridized carbons (Fsp3) is 0.611. The second-order valence-electron chi connectivity index (χ2n) is 6.49. The number of hydrogen-bond acceptors (Lipinski definition) is 2. The van der Waals surface area contributed by atoms with E-state index in [1.807, 2.05) is 0 Å². The molecule has 1 saturated carbocycles. The molecule has 0 saturated heterocycles. The molecule has 2 nitrogen and oxygen atoms in total. The highest BCUT2D eigenvalue weighted by molar-refractivity contribution is 5.14. The van der Waals surface area contributed by atoms with Crippen LogP contribution in [0.2, 0.25) is 0 Å². The van der Waals surface area contributed by atoms with E-state index in [1.165, 1.54) is 31.2 Å². The van der Waals surface area contributed by atoms with Crippen LogP contribution in [0.25, 0.3) is 0 Å². The molecule has 0 radical (unpaired) electrons. The van der Waals surface area contributed by atoms with Gasteiger partial charge in [0.05, 0.1) is 6.07 Å². The van der Waals surface area contributed by atoms with Gasteiger partial charge in [-0.2, -0.15) is 5.26 Å². The Morgan fingerprint density at radius 2 is 1.90 bits per heavy atom. The molecule has 108 valence electrons. The standard InChI is InChI=1S/C18H26N2/c1-15(2)18(12-13-19)10-8-17(9-11-18)20-14-16-6-4-3-5-7-16/h3-7,15,17,20H,8-12,14H2,1-2H3/t17-,18+. The van der Waals surface area contributed by atoms with Gasteiger partial charge in [0.1, 0.15) is 0 Å². The van der Waals surface area contributed by atoms with E-state index in [2.05, 4.69) is 55.6 Å². The van der Waals surface area contributed by atoms with E-state index in [-0.39, 0.29) is 5.41 Å². The van der Waals surface area contributed by atoms with Crippen LogP contribution >= 0.6 is 0 Å². The predicted octanol–water partition coefficient (Wildman–Crippen LogP) is 4.27. The van der Waals surface area contributed by atoms with Crippen molar-refractivity contribution in [2.24, 2.45) is 11.3 Å². The smallest absolute Gasteiger partial charge is 0.0627 e. The highest BCUT2D eigenvalue weighted by atomic mass is 14.9. The van der Waals surface area contributed by atoms with Gasteiger partial charge in [-0.05, 0) is 42.6 Å². The van der Waals surface area contributed by atoms with E-state index in [0.29, 0.717) is 12.0 Å².